The molecule has 2 aromatic heterocycles. The fourth-order valence-electron chi connectivity index (χ4n) is 1.12. The molecule has 0 bridgehead atoms. The van der Waals surface area contributed by atoms with E-state index in [-0.39, 0.29) is 0 Å². The quantitative estimate of drug-likeness (QED) is 0.481. The van der Waals surface area contributed by atoms with Crippen LogP contribution in [0.5, 0.6) is 0 Å². The predicted octanol–water partition coefficient (Wildman–Crippen LogP) is 1.21. The van der Waals surface area contributed by atoms with Gasteiger partial charge in [0, 0.05) is 11.8 Å². The smallest absolute Gasteiger partial charge is 0.170 e. The number of nitrogens with zero attached hydrogens (tertiary/aromatic N) is 4. The lowest BCUT2D eigenvalue weighted by atomic mass is 10.4. The Bertz CT molecular complexity index is 458. The van der Waals surface area contributed by atoms with E-state index in [1.807, 2.05) is 6.92 Å². The second kappa shape index (κ2) is 5.19. The summed E-state index contributed by atoms with van der Waals surface area (Å²) in [5.41, 5.74) is 3.40. The Labute approximate surface area is 101 Å². The van der Waals surface area contributed by atoms with Crippen molar-refractivity contribution >= 4 is 29.1 Å². The molecule has 0 saturated heterocycles. The molecule has 2 aromatic rings. The first kappa shape index (κ1) is 11.2. The number of hydrogen-bond donors (Lipinski definition) is 2. The zero-order chi connectivity index (χ0) is 11.4. The van der Waals surface area contributed by atoms with Gasteiger partial charge in [0.2, 0.25) is 0 Å². The first-order valence-electron chi connectivity index (χ1n) is 4.48. The van der Waals surface area contributed by atoms with Crippen molar-refractivity contribution in [2.45, 2.75) is 17.0 Å². The highest BCUT2D eigenvalue weighted by Gasteiger charge is 2.04. The van der Waals surface area contributed by atoms with Crippen molar-refractivity contribution in [1.82, 2.24) is 19.3 Å². The van der Waals surface area contributed by atoms with Gasteiger partial charge in [-0.05, 0) is 18.5 Å². The van der Waals surface area contributed by atoms with Crippen molar-refractivity contribution in [3.8, 4) is 0 Å². The van der Waals surface area contributed by atoms with Gasteiger partial charge >= 0.3 is 0 Å². The van der Waals surface area contributed by atoms with Crippen LogP contribution >= 0.6 is 23.3 Å². The normalized spacial score (nSPS) is 10.4. The van der Waals surface area contributed by atoms with Crippen LogP contribution < -0.4 is 11.3 Å². The summed E-state index contributed by atoms with van der Waals surface area (Å²) in [5.74, 6) is 7.32. The molecule has 0 fully saturated rings. The summed E-state index contributed by atoms with van der Waals surface area (Å²) >= 11 is 2.92. The van der Waals surface area contributed by atoms with E-state index in [4.69, 9.17) is 5.84 Å². The van der Waals surface area contributed by atoms with Gasteiger partial charge in [0.1, 0.15) is 18.0 Å². The van der Waals surface area contributed by atoms with Gasteiger partial charge < -0.3 is 5.43 Å². The van der Waals surface area contributed by atoms with Gasteiger partial charge in [0.25, 0.3) is 0 Å². The van der Waals surface area contributed by atoms with E-state index in [2.05, 4.69) is 24.8 Å². The summed E-state index contributed by atoms with van der Waals surface area (Å²) in [7, 11) is 0. The molecule has 2 rings (SSSR count). The van der Waals surface area contributed by atoms with Crippen molar-refractivity contribution in [2.24, 2.45) is 5.84 Å². The molecular formula is C8H10N6S2. The van der Waals surface area contributed by atoms with Crippen LogP contribution in [0.25, 0.3) is 0 Å². The number of nitrogens with two attached hydrogens (primary N) is 1. The SMILES string of the molecule is Cc1cc(NN)nc(CSc2ncns2)n1. The summed E-state index contributed by atoms with van der Waals surface area (Å²) < 4.78 is 4.83. The molecule has 0 aliphatic carbocycles. The highest BCUT2D eigenvalue weighted by atomic mass is 32.2. The standard InChI is InChI=1S/C8H10N6S2/c1-5-2-6(14-9)13-7(12-5)3-15-8-10-4-11-16-8/h2,4H,3,9H2,1H3,(H,12,13,14). The van der Waals surface area contributed by atoms with Gasteiger partial charge in [-0.15, -0.1) is 0 Å². The maximum absolute atomic E-state index is 5.31. The number of nitrogens with one attached hydrogen (secondary N) is 1. The molecule has 0 radical (unpaired) electrons. The first-order chi connectivity index (χ1) is 7.78. The average Bonchev–Trinajstić information content (AvgIpc) is 2.78. The molecule has 8 heteroatoms. The van der Waals surface area contributed by atoms with Crippen molar-refractivity contribution in [3.05, 3.63) is 23.9 Å². The Morgan fingerprint density at radius 2 is 2.38 bits per heavy atom. The second-order valence-electron chi connectivity index (χ2n) is 2.95. The lowest BCUT2D eigenvalue weighted by Crippen LogP contribution is -2.10. The minimum atomic E-state index is 0.625. The number of thioether (sulfide) groups is 1. The molecule has 0 saturated carbocycles. The average molecular weight is 254 g/mol. The van der Waals surface area contributed by atoms with Gasteiger partial charge in [-0.2, -0.15) is 4.37 Å². The molecule has 3 N–H and O–H groups in total. The van der Waals surface area contributed by atoms with E-state index >= 15 is 0 Å². The molecule has 0 unspecified atom stereocenters. The topological polar surface area (TPSA) is 89.6 Å². The molecular weight excluding hydrogens is 244 g/mol. The number of nitrogen functional groups attached to an aromatic ring is 1. The lowest BCUT2D eigenvalue weighted by molar-refractivity contribution is 0.989. The van der Waals surface area contributed by atoms with Crippen molar-refractivity contribution in [2.75, 3.05) is 5.43 Å². The summed E-state index contributed by atoms with van der Waals surface area (Å²) in [6.45, 7) is 1.90. The third-order valence-electron chi connectivity index (χ3n) is 1.71. The molecule has 16 heavy (non-hydrogen) atoms. The van der Waals surface area contributed by atoms with E-state index in [0.29, 0.717) is 11.6 Å². The third-order valence-corrected chi connectivity index (χ3v) is 3.51. The van der Waals surface area contributed by atoms with Crippen LogP contribution in [0.2, 0.25) is 0 Å². The molecule has 84 valence electrons. The van der Waals surface area contributed by atoms with Crippen LogP contribution in [0.1, 0.15) is 11.5 Å². The molecule has 0 aromatic carbocycles. The van der Waals surface area contributed by atoms with Crippen LogP contribution in [0, 0.1) is 6.92 Å². The molecule has 2 heterocycles. The summed E-state index contributed by atoms with van der Waals surface area (Å²) in [4.78, 5) is 12.6. The molecule has 0 spiro atoms. The summed E-state index contributed by atoms with van der Waals surface area (Å²) in [6.07, 6.45) is 1.54. The zero-order valence-corrected chi connectivity index (χ0v) is 10.2. The number of aryl methyl sites for hydroxylation is 1. The van der Waals surface area contributed by atoms with E-state index < -0.39 is 0 Å². The molecule has 6 nitrogen and oxygen atoms in total. The molecule has 0 aliphatic rings. The first-order valence-corrected chi connectivity index (χ1v) is 6.24. The summed E-state index contributed by atoms with van der Waals surface area (Å²) in [5, 5.41) is 0. The van der Waals surface area contributed by atoms with Crippen molar-refractivity contribution < 1.29 is 0 Å². The highest BCUT2D eigenvalue weighted by Crippen LogP contribution is 2.22. The third kappa shape index (κ3) is 2.87. The van der Waals surface area contributed by atoms with Gasteiger partial charge in [-0.1, -0.05) is 11.8 Å². The Morgan fingerprint density at radius 3 is 3.06 bits per heavy atom. The van der Waals surface area contributed by atoms with Gasteiger partial charge in [-0.3, -0.25) is 0 Å². The lowest BCUT2D eigenvalue weighted by Gasteiger charge is -2.03. The van der Waals surface area contributed by atoms with Crippen molar-refractivity contribution in [1.29, 1.82) is 0 Å². The number of hydrogen-bond acceptors (Lipinski definition) is 8. The van der Waals surface area contributed by atoms with Crippen LogP contribution in [0.4, 0.5) is 5.82 Å². The van der Waals surface area contributed by atoms with Crippen LogP contribution in [0.15, 0.2) is 16.7 Å². The fraction of sp³-hybridized carbons (Fsp3) is 0.250. The Balaban J connectivity index is 2.06. The fourth-order valence-corrected chi connectivity index (χ4v) is 2.42. The Morgan fingerprint density at radius 1 is 1.50 bits per heavy atom. The largest absolute Gasteiger partial charge is 0.308 e. The minimum absolute atomic E-state index is 0.625. The van der Waals surface area contributed by atoms with Gasteiger partial charge in [-0.25, -0.2) is 20.8 Å². The molecule has 0 atom stereocenters. The highest BCUT2D eigenvalue weighted by molar-refractivity contribution is 8.00. The molecule has 0 amide bonds. The Hall–Kier alpha value is -1.25. The van der Waals surface area contributed by atoms with Crippen molar-refractivity contribution in [3.63, 3.8) is 0 Å². The zero-order valence-electron chi connectivity index (χ0n) is 8.54. The van der Waals surface area contributed by atoms with E-state index in [1.54, 1.807) is 17.8 Å². The minimum Gasteiger partial charge on any atom is -0.308 e. The summed E-state index contributed by atoms with van der Waals surface area (Å²) in [6, 6.07) is 1.79. The number of aromatic nitrogens is 4. The number of hydrazine groups is 1. The number of rotatable bonds is 4. The maximum Gasteiger partial charge on any atom is 0.170 e. The van der Waals surface area contributed by atoms with Crippen LogP contribution in [0.3, 0.4) is 0 Å². The Kier molecular flexibility index (Phi) is 3.65. The van der Waals surface area contributed by atoms with E-state index in [9.17, 15) is 0 Å². The monoisotopic (exact) mass is 254 g/mol. The van der Waals surface area contributed by atoms with Gasteiger partial charge in [0.15, 0.2) is 4.34 Å². The van der Waals surface area contributed by atoms with Gasteiger partial charge in [0.05, 0.1) is 5.75 Å². The van der Waals surface area contributed by atoms with Crippen LogP contribution in [-0.2, 0) is 5.75 Å². The number of anilines is 1. The molecule has 0 aliphatic heterocycles. The predicted molar refractivity (Wildman–Crippen MR) is 64.0 cm³/mol. The van der Waals surface area contributed by atoms with E-state index in [0.717, 1.165) is 15.9 Å². The van der Waals surface area contributed by atoms with E-state index in [1.165, 1.54) is 17.9 Å². The second-order valence-corrected chi connectivity index (χ2v) is 4.95. The maximum atomic E-state index is 5.31. The van der Waals surface area contributed by atoms with Crippen LogP contribution in [-0.4, -0.2) is 19.3 Å².